The van der Waals surface area contributed by atoms with Gasteiger partial charge in [0.25, 0.3) is 0 Å². The van der Waals surface area contributed by atoms with E-state index in [0.717, 1.165) is 24.1 Å². The Balaban J connectivity index is 1.82. The van der Waals surface area contributed by atoms with Gasteiger partial charge in [0.05, 0.1) is 11.3 Å². The van der Waals surface area contributed by atoms with Gasteiger partial charge in [-0.1, -0.05) is 43.7 Å². The van der Waals surface area contributed by atoms with Crippen molar-refractivity contribution in [3.8, 4) is 0 Å². The van der Waals surface area contributed by atoms with Crippen molar-refractivity contribution >= 4 is 17.6 Å². The second-order valence-electron chi connectivity index (χ2n) is 7.00. The number of aryl methyl sites for hydroxylation is 1. The molecule has 3 rings (SSSR count). The van der Waals surface area contributed by atoms with Crippen LogP contribution in [0, 0.1) is 12.8 Å². The van der Waals surface area contributed by atoms with Crippen LogP contribution in [0.4, 0.5) is 5.95 Å². The number of amides is 1. The van der Waals surface area contributed by atoms with E-state index in [1.165, 1.54) is 5.56 Å². The minimum atomic E-state index is -0.0628. The summed E-state index contributed by atoms with van der Waals surface area (Å²) < 4.78 is 0. The van der Waals surface area contributed by atoms with Crippen molar-refractivity contribution in [2.75, 3.05) is 5.32 Å². The van der Waals surface area contributed by atoms with E-state index >= 15 is 0 Å². The summed E-state index contributed by atoms with van der Waals surface area (Å²) in [4.78, 5) is 33.4. The molecule has 26 heavy (non-hydrogen) atoms. The Morgan fingerprint density at radius 3 is 2.54 bits per heavy atom. The zero-order valence-corrected chi connectivity index (χ0v) is 15.6. The summed E-state index contributed by atoms with van der Waals surface area (Å²) in [7, 11) is 0. The lowest BCUT2D eigenvalue weighted by Crippen LogP contribution is -2.25. The van der Waals surface area contributed by atoms with Crippen molar-refractivity contribution in [2.24, 2.45) is 5.92 Å². The van der Waals surface area contributed by atoms with Crippen LogP contribution in [0.15, 0.2) is 30.5 Å². The first-order valence-electron chi connectivity index (χ1n) is 9.28. The van der Waals surface area contributed by atoms with Gasteiger partial charge in [0, 0.05) is 18.5 Å². The zero-order valence-electron chi connectivity index (χ0n) is 15.6. The fourth-order valence-electron chi connectivity index (χ4n) is 3.45. The molecule has 1 heterocycles. The molecule has 1 aliphatic rings. The predicted octanol–water partition coefficient (Wildman–Crippen LogP) is 4.07. The molecule has 0 aliphatic heterocycles. The fourth-order valence-corrected chi connectivity index (χ4v) is 3.45. The smallest absolute Gasteiger partial charge is 0.229 e. The van der Waals surface area contributed by atoms with Gasteiger partial charge in [-0.15, -0.1) is 0 Å². The molecular weight excluding hydrogens is 326 g/mol. The third-order valence-corrected chi connectivity index (χ3v) is 5.18. The van der Waals surface area contributed by atoms with Gasteiger partial charge >= 0.3 is 0 Å². The summed E-state index contributed by atoms with van der Waals surface area (Å²) in [5.41, 5.74) is 3.65. The van der Waals surface area contributed by atoms with Crippen LogP contribution < -0.4 is 5.32 Å². The highest BCUT2D eigenvalue weighted by Crippen LogP contribution is 2.32. The first kappa shape index (κ1) is 18.2. The molecule has 1 aromatic heterocycles. The van der Waals surface area contributed by atoms with Crippen LogP contribution in [0.3, 0.4) is 0 Å². The van der Waals surface area contributed by atoms with Gasteiger partial charge in [-0.05, 0) is 37.7 Å². The Kier molecular flexibility index (Phi) is 5.45. The highest BCUT2D eigenvalue weighted by molar-refractivity contribution is 5.99. The lowest BCUT2D eigenvalue weighted by atomic mass is 9.82. The lowest BCUT2D eigenvalue weighted by Gasteiger charge is -2.23. The summed E-state index contributed by atoms with van der Waals surface area (Å²) in [5.74, 6) is 0.365. The normalized spacial score (nSPS) is 16.5. The van der Waals surface area contributed by atoms with Gasteiger partial charge in [0.1, 0.15) is 0 Å². The van der Waals surface area contributed by atoms with Gasteiger partial charge in [-0.3, -0.25) is 14.9 Å². The Hall–Kier alpha value is -2.56. The number of rotatable bonds is 5. The van der Waals surface area contributed by atoms with Crippen molar-refractivity contribution in [3.63, 3.8) is 0 Å². The molecule has 5 heteroatoms. The van der Waals surface area contributed by atoms with Gasteiger partial charge in [0.15, 0.2) is 5.78 Å². The quantitative estimate of drug-likeness (QED) is 0.881. The number of hydrogen-bond donors (Lipinski definition) is 1. The molecule has 0 bridgehead atoms. The number of nitrogens with zero attached hydrogens (tertiary/aromatic N) is 2. The van der Waals surface area contributed by atoms with Crippen LogP contribution in [-0.2, 0) is 11.2 Å². The maximum Gasteiger partial charge on any atom is 0.229 e. The lowest BCUT2D eigenvalue weighted by molar-refractivity contribution is -0.120. The summed E-state index contributed by atoms with van der Waals surface area (Å²) in [6, 6.07) is 8.29. The number of anilines is 1. The first-order valence-corrected chi connectivity index (χ1v) is 9.28. The molecular formula is C21H25N3O2. The summed E-state index contributed by atoms with van der Waals surface area (Å²) >= 11 is 0. The summed E-state index contributed by atoms with van der Waals surface area (Å²) in [6.45, 7) is 6.03. The average molecular weight is 351 g/mol. The monoisotopic (exact) mass is 351 g/mol. The minimum Gasteiger partial charge on any atom is -0.294 e. The number of carbonyl (C=O) groups is 2. The minimum absolute atomic E-state index is 0.0448. The van der Waals surface area contributed by atoms with Gasteiger partial charge in [-0.2, -0.15) is 0 Å². The molecule has 1 unspecified atom stereocenters. The summed E-state index contributed by atoms with van der Waals surface area (Å²) in [5, 5.41) is 2.80. The van der Waals surface area contributed by atoms with Crippen LogP contribution in [0.5, 0.6) is 0 Å². The van der Waals surface area contributed by atoms with Crippen LogP contribution in [0.2, 0.25) is 0 Å². The van der Waals surface area contributed by atoms with E-state index in [0.29, 0.717) is 18.4 Å². The molecule has 1 aromatic carbocycles. The predicted molar refractivity (Wildman–Crippen MR) is 101 cm³/mol. The molecule has 0 spiro atoms. The van der Waals surface area contributed by atoms with E-state index in [1.807, 2.05) is 20.8 Å². The molecule has 0 fully saturated rings. The SMILES string of the molecule is CCC(CC)C(=O)Nc1ncc2c(n1)CC(c1ccc(C)cc1)CC2=O. The Labute approximate surface area is 154 Å². The standard InChI is InChI=1S/C21H25N3O2/c1-4-14(5-2)20(26)24-21-22-12-17-18(23-21)10-16(11-19(17)25)15-8-6-13(3)7-9-15/h6-9,12,14,16H,4-5,10-11H2,1-3H3,(H,22,23,24,26). The van der Waals surface area contributed by atoms with E-state index in [4.69, 9.17) is 0 Å². The van der Waals surface area contributed by atoms with Gasteiger partial charge < -0.3 is 0 Å². The molecule has 1 N–H and O–H groups in total. The number of benzene rings is 1. The van der Waals surface area contributed by atoms with Gasteiger partial charge in [-0.25, -0.2) is 9.97 Å². The number of ketones is 1. The number of carbonyl (C=O) groups excluding carboxylic acids is 2. The van der Waals surface area contributed by atoms with Crippen LogP contribution >= 0.6 is 0 Å². The highest BCUT2D eigenvalue weighted by atomic mass is 16.2. The molecule has 1 atom stereocenters. The van der Waals surface area contributed by atoms with Crippen molar-refractivity contribution in [1.29, 1.82) is 0 Å². The number of nitrogens with one attached hydrogen (secondary N) is 1. The number of aromatic nitrogens is 2. The maximum atomic E-state index is 12.5. The molecule has 1 amide bonds. The van der Waals surface area contributed by atoms with Crippen LogP contribution in [-0.4, -0.2) is 21.7 Å². The Morgan fingerprint density at radius 2 is 1.88 bits per heavy atom. The number of hydrogen-bond acceptors (Lipinski definition) is 4. The van der Waals surface area contributed by atoms with Crippen molar-refractivity contribution in [2.45, 2.75) is 52.4 Å². The van der Waals surface area contributed by atoms with E-state index in [-0.39, 0.29) is 29.5 Å². The average Bonchev–Trinajstić information content (AvgIpc) is 2.63. The fraction of sp³-hybridized carbons (Fsp3) is 0.429. The summed E-state index contributed by atoms with van der Waals surface area (Å²) in [6.07, 6.45) is 4.26. The first-order chi connectivity index (χ1) is 12.5. The van der Waals surface area contributed by atoms with E-state index < -0.39 is 0 Å². The zero-order chi connectivity index (χ0) is 18.7. The molecule has 5 nitrogen and oxygen atoms in total. The van der Waals surface area contributed by atoms with Crippen molar-refractivity contribution in [1.82, 2.24) is 9.97 Å². The Morgan fingerprint density at radius 1 is 1.19 bits per heavy atom. The third kappa shape index (κ3) is 3.82. The second-order valence-corrected chi connectivity index (χ2v) is 7.00. The van der Waals surface area contributed by atoms with Gasteiger partial charge in [0.2, 0.25) is 11.9 Å². The molecule has 0 saturated heterocycles. The highest BCUT2D eigenvalue weighted by Gasteiger charge is 2.28. The van der Waals surface area contributed by atoms with E-state index in [2.05, 4.69) is 39.6 Å². The number of fused-ring (bicyclic) bond motifs is 1. The van der Waals surface area contributed by atoms with Crippen molar-refractivity contribution in [3.05, 3.63) is 52.8 Å². The molecule has 1 aliphatic carbocycles. The van der Waals surface area contributed by atoms with Crippen molar-refractivity contribution < 1.29 is 9.59 Å². The maximum absolute atomic E-state index is 12.5. The topological polar surface area (TPSA) is 72.0 Å². The molecule has 0 saturated carbocycles. The van der Waals surface area contributed by atoms with E-state index in [1.54, 1.807) is 6.20 Å². The largest absolute Gasteiger partial charge is 0.294 e. The number of Topliss-reactive ketones (excluding diaryl/α,β-unsaturated/α-hetero) is 1. The molecule has 136 valence electrons. The molecule has 2 aromatic rings. The Bertz CT molecular complexity index is 811. The second kappa shape index (κ2) is 7.77. The third-order valence-electron chi connectivity index (χ3n) is 5.18. The van der Waals surface area contributed by atoms with Crippen LogP contribution in [0.1, 0.15) is 66.2 Å². The van der Waals surface area contributed by atoms with E-state index in [9.17, 15) is 9.59 Å². The van der Waals surface area contributed by atoms with Crippen LogP contribution in [0.25, 0.3) is 0 Å². The molecule has 0 radical (unpaired) electrons.